The molecule has 0 unspecified atom stereocenters. The molecule has 0 bridgehead atoms. The van der Waals surface area contributed by atoms with E-state index in [1.165, 1.54) is 0 Å². The number of nitrogens with zero attached hydrogens (tertiary/aromatic N) is 3. The van der Waals surface area contributed by atoms with Crippen molar-refractivity contribution in [3.8, 4) is 22.8 Å². The molecular formula is C21H18N4O2. The van der Waals surface area contributed by atoms with Gasteiger partial charge in [-0.1, -0.05) is 6.07 Å². The van der Waals surface area contributed by atoms with Gasteiger partial charge in [0.25, 0.3) is 0 Å². The van der Waals surface area contributed by atoms with Gasteiger partial charge in [0.1, 0.15) is 17.1 Å². The van der Waals surface area contributed by atoms with Gasteiger partial charge in [-0.15, -0.1) is 0 Å². The van der Waals surface area contributed by atoms with Crippen LogP contribution in [0.15, 0.2) is 61.1 Å². The Morgan fingerprint density at radius 1 is 1.19 bits per heavy atom. The Hall–Kier alpha value is -3.67. The number of carbonyl (C=O) groups excluding carboxylic acids is 1. The molecule has 0 saturated heterocycles. The second-order valence-corrected chi connectivity index (χ2v) is 6.25. The van der Waals surface area contributed by atoms with Crippen LogP contribution in [0.5, 0.6) is 11.5 Å². The van der Waals surface area contributed by atoms with Crippen molar-refractivity contribution in [1.29, 1.82) is 0 Å². The topological polar surface area (TPSA) is 69.0 Å². The maximum Gasteiger partial charge on any atom is 0.211 e. The molecule has 6 nitrogen and oxygen atoms in total. The third-order valence-corrected chi connectivity index (χ3v) is 4.41. The van der Waals surface area contributed by atoms with E-state index in [4.69, 9.17) is 9.72 Å². The van der Waals surface area contributed by atoms with Crippen molar-refractivity contribution in [3.63, 3.8) is 0 Å². The zero-order valence-electron chi connectivity index (χ0n) is 15.0. The third kappa shape index (κ3) is 3.25. The zero-order valence-corrected chi connectivity index (χ0v) is 15.0. The van der Waals surface area contributed by atoms with E-state index < -0.39 is 0 Å². The molecule has 0 saturated carbocycles. The number of ether oxygens (including phenoxy) is 1. The van der Waals surface area contributed by atoms with Crippen molar-refractivity contribution in [2.75, 3.05) is 5.32 Å². The first-order chi connectivity index (χ1) is 13.2. The van der Waals surface area contributed by atoms with Crippen molar-refractivity contribution in [2.24, 2.45) is 7.05 Å². The molecule has 3 heterocycles. The number of amides is 1. The highest BCUT2D eigenvalue weighted by Crippen LogP contribution is 2.34. The highest BCUT2D eigenvalue weighted by atomic mass is 16.5. The lowest BCUT2D eigenvalue weighted by Gasteiger charge is -2.12. The van der Waals surface area contributed by atoms with Crippen LogP contribution in [-0.4, -0.2) is 20.9 Å². The zero-order chi connectivity index (χ0) is 18.8. The highest BCUT2D eigenvalue weighted by molar-refractivity contribution is 5.86. The van der Waals surface area contributed by atoms with Crippen LogP contribution in [0.3, 0.4) is 0 Å². The molecule has 1 amide bonds. The van der Waals surface area contributed by atoms with Crippen LogP contribution >= 0.6 is 0 Å². The highest BCUT2D eigenvalue weighted by Gasteiger charge is 2.13. The van der Waals surface area contributed by atoms with E-state index in [0.717, 1.165) is 27.9 Å². The molecule has 0 atom stereocenters. The smallest absolute Gasteiger partial charge is 0.211 e. The second kappa shape index (κ2) is 6.92. The number of hydrogen-bond donors (Lipinski definition) is 1. The summed E-state index contributed by atoms with van der Waals surface area (Å²) < 4.78 is 8.13. The summed E-state index contributed by atoms with van der Waals surface area (Å²) in [6.07, 6.45) is 6.12. The molecule has 4 aromatic rings. The Morgan fingerprint density at radius 3 is 2.85 bits per heavy atom. The van der Waals surface area contributed by atoms with Gasteiger partial charge in [0.15, 0.2) is 0 Å². The lowest BCUT2D eigenvalue weighted by Crippen LogP contribution is -1.97. The van der Waals surface area contributed by atoms with Gasteiger partial charge in [-0.25, -0.2) is 4.98 Å². The van der Waals surface area contributed by atoms with E-state index in [-0.39, 0.29) is 0 Å². The number of rotatable bonds is 5. The molecule has 4 rings (SSSR count). The molecule has 3 aromatic heterocycles. The van der Waals surface area contributed by atoms with Gasteiger partial charge in [-0.2, -0.15) is 0 Å². The molecule has 1 N–H and O–H groups in total. The monoisotopic (exact) mass is 358 g/mol. The van der Waals surface area contributed by atoms with E-state index in [0.29, 0.717) is 23.6 Å². The van der Waals surface area contributed by atoms with Crippen molar-refractivity contribution in [3.05, 3.63) is 66.6 Å². The molecule has 0 aliphatic rings. The molecule has 27 heavy (non-hydrogen) atoms. The quantitative estimate of drug-likeness (QED) is 0.540. The Labute approximate surface area is 156 Å². The summed E-state index contributed by atoms with van der Waals surface area (Å²) in [4.78, 5) is 19.7. The van der Waals surface area contributed by atoms with Gasteiger partial charge in [0, 0.05) is 49.0 Å². The number of aryl methyl sites for hydroxylation is 2. The van der Waals surface area contributed by atoms with Crippen molar-refractivity contribution >= 4 is 23.1 Å². The van der Waals surface area contributed by atoms with Gasteiger partial charge in [-0.3, -0.25) is 9.78 Å². The summed E-state index contributed by atoms with van der Waals surface area (Å²) in [5.74, 6) is 1.33. The first-order valence-electron chi connectivity index (χ1n) is 8.51. The fourth-order valence-corrected chi connectivity index (χ4v) is 2.96. The van der Waals surface area contributed by atoms with Crippen LogP contribution in [0.1, 0.15) is 5.56 Å². The number of hydrogen-bond acceptors (Lipinski definition) is 4. The van der Waals surface area contributed by atoms with Crippen molar-refractivity contribution in [1.82, 2.24) is 14.5 Å². The van der Waals surface area contributed by atoms with Gasteiger partial charge in [-0.05, 0) is 36.8 Å². The molecule has 134 valence electrons. The van der Waals surface area contributed by atoms with E-state index in [1.807, 2.05) is 67.2 Å². The van der Waals surface area contributed by atoms with Crippen LogP contribution in [0.25, 0.3) is 22.3 Å². The minimum absolute atomic E-state index is 0.637. The number of pyridine rings is 2. The minimum Gasteiger partial charge on any atom is -0.456 e. The Kier molecular flexibility index (Phi) is 4.30. The largest absolute Gasteiger partial charge is 0.456 e. The molecule has 0 spiro atoms. The van der Waals surface area contributed by atoms with Gasteiger partial charge < -0.3 is 14.6 Å². The van der Waals surface area contributed by atoms with Gasteiger partial charge in [0.2, 0.25) is 6.41 Å². The lowest BCUT2D eigenvalue weighted by atomic mass is 10.1. The molecular weight excluding hydrogens is 340 g/mol. The summed E-state index contributed by atoms with van der Waals surface area (Å²) in [7, 11) is 1.95. The van der Waals surface area contributed by atoms with E-state index in [1.54, 1.807) is 12.4 Å². The number of aromatic nitrogens is 3. The number of fused-ring (bicyclic) bond motifs is 1. The van der Waals surface area contributed by atoms with Crippen LogP contribution in [0.4, 0.5) is 5.69 Å². The summed E-state index contributed by atoms with van der Waals surface area (Å²) in [5, 5.41) is 3.61. The SMILES string of the molecule is Cc1ccc(Oc2cc(-c3cccnc3)nc3c2ccn3C)cc1NC=O. The molecule has 6 heteroatoms. The minimum atomic E-state index is 0.637. The Bertz CT molecular complexity index is 1120. The fourth-order valence-electron chi connectivity index (χ4n) is 2.96. The summed E-state index contributed by atoms with van der Waals surface area (Å²) in [6.45, 7) is 1.93. The predicted octanol–water partition coefficient (Wildman–Crippen LogP) is 4.30. The molecule has 0 aliphatic carbocycles. The molecule has 0 fully saturated rings. The normalized spacial score (nSPS) is 10.7. The average molecular weight is 358 g/mol. The van der Waals surface area contributed by atoms with Crippen LogP contribution in [0, 0.1) is 6.92 Å². The van der Waals surface area contributed by atoms with Crippen molar-refractivity contribution in [2.45, 2.75) is 6.92 Å². The predicted molar refractivity (Wildman–Crippen MR) is 105 cm³/mol. The van der Waals surface area contributed by atoms with Crippen LogP contribution in [-0.2, 0) is 11.8 Å². The van der Waals surface area contributed by atoms with Gasteiger partial charge >= 0.3 is 0 Å². The number of anilines is 1. The van der Waals surface area contributed by atoms with E-state index in [9.17, 15) is 4.79 Å². The maximum atomic E-state index is 10.8. The van der Waals surface area contributed by atoms with Crippen LogP contribution in [0.2, 0.25) is 0 Å². The fraction of sp³-hybridized carbons (Fsp3) is 0.0952. The van der Waals surface area contributed by atoms with E-state index in [2.05, 4.69) is 10.3 Å². The average Bonchev–Trinajstić information content (AvgIpc) is 3.07. The maximum absolute atomic E-state index is 10.8. The summed E-state index contributed by atoms with van der Waals surface area (Å²) in [6, 6.07) is 13.3. The second-order valence-electron chi connectivity index (χ2n) is 6.25. The first-order valence-corrected chi connectivity index (χ1v) is 8.51. The van der Waals surface area contributed by atoms with Crippen molar-refractivity contribution < 1.29 is 9.53 Å². The third-order valence-electron chi connectivity index (χ3n) is 4.41. The first kappa shape index (κ1) is 16.8. The summed E-state index contributed by atoms with van der Waals surface area (Å²) >= 11 is 0. The molecule has 0 aliphatic heterocycles. The number of benzene rings is 1. The van der Waals surface area contributed by atoms with Crippen LogP contribution < -0.4 is 10.1 Å². The lowest BCUT2D eigenvalue weighted by molar-refractivity contribution is -0.105. The Morgan fingerprint density at radius 2 is 2.07 bits per heavy atom. The van der Waals surface area contributed by atoms with Gasteiger partial charge in [0.05, 0.1) is 11.1 Å². The number of nitrogens with one attached hydrogen (secondary N) is 1. The number of carbonyl (C=O) groups is 1. The Balaban J connectivity index is 1.81. The molecule has 1 aromatic carbocycles. The molecule has 0 radical (unpaired) electrons. The summed E-state index contributed by atoms with van der Waals surface area (Å²) in [5.41, 5.74) is 4.20. The van der Waals surface area contributed by atoms with E-state index >= 15 is 0 Å². The standard InChI is InChI=1S/C21H18N4O2/c1-14-5-6-16(10-18(14)23-13-26)27-20-11-19(15-4-3-8-22-12-15)24-21-17(20)7-9-25(21)2/h3-13H,1-2H3,(H,23,26).